The van der Waals surface area contributed by atoms with Gasteiger partial charge < -0.3 is 14.2 Å². The summed E-state index contributed by atoms with van der Waals surface area (Å²) in [5.74, 6) is 0.750. The molecule has 240 valence electrons. The molecule has 1 aromatic heterocycles. The molecule has 1 atom stereocenters. The van der Waals surface area contributed by atoms with Crippen LogP contribution in [0.25, 0.3) is 11.8 Å². The summed E-state index contributed by atoms with van der Waals surface area (Å²) in [4.78, 5) is 33.3. The van der Waals surface area contributed by atoms with Crippen molar-refractivity contribution in [3.05, 3.63) is 155 Å². The van der Waals surface area contributed by atoms with E-state index in [0.717, 1.165) is 22.3 Å². The van der Waals surface area contributed by atoms with Crippen LogP contribution in [-0.2, 0) is 16.1 Å². The molecule has 5 aromatic rings. The number of hydrogen-bond donors (Lipinski definition) is 0. The first-order valence-corrected chi connectivity index (χ1v) is 16.9. The average molecular weight is 721 g/mol. The number of esters is 1. The van der Waals surface area contributed by atoms with Crippen LogP contribution in [0, 0.1) is 11.3 Å². The van der Waals surface area contributed by atoms with E-state index in [9.17, 15) is 14.9 Å². The van der Waals surface area contributed by atoms with Crippen molar-refractivity contribution in [3.8, 4) is 17.6 Å². The van der Waals surface area contributed by atoms with Gasteiger partial charge in [0.05, 0.1) is 51.2 Å². The highest BCUT2D eigenvalue weighted by Gasteiger charge is 2.35. The number of thiazole rings is 1. The Hall–Kier alpha value is -5.24. The van der Waals surface area contributed by atoms with Crippen molar-refractivity contribution in [1.82, 2.24) is 4.57 Å². The first kappa shape index (κ1) is 32.7. The second-order valence-electron chi connectivity index (χ2n) is 10.7. The second-order valence-corrected chi connectivity index (χ2v) is 12.5. The molecule has 1 aliphatic heterocycles. The van der Waals surface area contributed by atoms with Crippen molar-refractivity contribution < 1.29 is 19.0 Å². The molecule has 6 rings (SSSR count). The molecule has 2 heterocycles. The second kappa shape index (κ2) is 14.7. The predicted octanol–water partition coefficient (Wildman–Crippen LogP) is 6.55. The number of benzene rings is 4. The Labute approximate surface area is 289 Å². The van der Waals surface area contributed by atoms with Gasteiger partial charge in [0.2, 0.25) is 0 Å². The van der Waals surface area contributed by atoms with Gasteiger partial charge in [-0.15, -0.1) is 0 Å². The lowest BCUT2D eigenvalue weighted by atomic mass is 9.93. The van der Waals surface area contributed by atoms with Gasteiger partial charge in [-0.3, -0.25) is 9.36 Å². The smallest absolute Gasteiger partial charge is 0.338 e. The fourth-order valence-corrected chi connectivity index (χ4v) is 6.97. The minimum atomic E-state index is -0.785. The summed E-state index contributed by atoms with van der Waals surface area (Å²) in [7, 11) is 0. The maximum absolute atomic E-state index is 14.2. The number of rotatable bonds is 10. The lowest BCUT2D eigenvalue weighted by Gasteiger charge is -2.26. The molecule has 0 saturated heterocycles. The van der Waals surface area contributed by atoms with Crippen molar-refractivity contribution in [2.75, 3.05) is 13.2 Å². The molecule has 10 heteroatoms. The van der Waals surface area contributed by atoms with E-state index in [2.05, 4.69) is 22.0 Å². The topological polar surface area (TPSA) is 103 Å². The lowest BCUT2D eigenvalue weighted by molar-refractivity contribution is -0.138. The monoisotopic (exact) mass is 719 g/mol. The summed E-state index contributed by atoms with van der Waals surface area (Å²) in [5, 5.41) is 9.40. The van der Waals surface area contributed by atoms with E-state index in [4.69, 9.17) is 19.2 Å². The Balaban J connectivity index is 1.45. The number of halogens is 1. The van der Waals surface area contributed by atoms with Crippen molar-refractivity contribution in [2.24, 2.45) is 4.99 Å². The summed E-state index contributed by atoms with van der Waals surface area (Å²) < 4.78 is 19.9. The Kier molecular flexibility index (Phi) is 9.99. The van der Waals surface area contributed by atoms with Gasteiger partial charge >= 0.3 is 5.97 Å². The van der Waals surface area contributed by atoms with Crippen LogP contribution in [-0.4, -0.2) is 23.8 Å². The van der Waals surface area contributed by atoms with E-state index in [0.29, 0.717) is 43.2 Å². The zero-order valence-corrected chi connectivity index (χ0v) is 28.6. The molecule has 0 radical (unpaired) electrons. The van der Waals surface area contributed by atoms with Crippen LogP contribution in [0.5, 0.6) is 11.5 Å². The van der Waals surface area contributed by atoms with Crippen molar-refractivity contribution in [1.29, 1.82) is 5.26 Å². The van der Waals surface area contributed by atoms with E-state index in [1.54, 1.807) is 23.6 Å². The predicted molar refractivity (Wildman–Crippen MR) is 188 cm³/mol. The Morgan fingerprint density at radius 1 is 0.979 bits per heavy atom. The van der Waals surface area contributed by atoms with Gasteiger partial charge in [-0.1, -0.05) is 78.1 Å². The fraction of sp³-hybridized carbons (Fsp3) is 0.158. The minimum absolute atomic E-state index is 0.171. The lowest BCUT2D eigenvalue weighted by Crippen LogP contribution is -2.40. The largest absolute Gasteiger partial charge is 0.494 e. The molecule has 1 aliphatic rings. The molecule has 48 heavy (non-hydrogen) atoms. The first-order chi connectivity index (χ1) is 23.4. The van der Waals surface area contributed by atoms with Crippen molar-refractivity contribution >= 4 is 45.0 Å². The molecule has 0 amide bonds. The number of ether oxygens (including phenoxy) is 3. The standard InChI is InChI=1S/C38H30BrN3O5S/c1-3-45-29-17-15-26(16-18-29)35-33(37(44)46-4-2)34(25-10-6-5-7-11-25)41-38-42(35)36(43)32(48-38)21-24-14-19-31(30(39)20-24)47-23-28-13-9-8-12-27(28)22-40/h5-21,35H,3-4,23H2,1-2H3/b32-21+/t35-/m1/s1. The summed E-state index contributed by atoms with van der Waals surface area (Å²) in [6.45, 7) is 4.58. The zero-order chi connectivity index (χ0) is 33.6. The highest BCUT2D eigenvalue weighted by Crippen LogP contribution is 2.36. The third-order valence-electron chi connectivity index (χ3n) is 7.66. The van der Waals surface area contributed by atoms with Gasteiger partial charge in [-0.25, -0.2) is 9.79 Å². The van der Waals surface area contributed by atoms with Crippen LogP contribution in [0.15, 0.2) is 117 Å². The van der Waals surface area contributed by atoms with Crippen LogP contribution < -0.4 is 24.4 Å². The molecular weight excluding hydrogens is 690 g/mol. The minimum Gasteiger partial charge on any atom is -0.494 e. The molecule has 0 unspecified atom stereocenters. The molecule has 0 fully saturated rings. The van der Waals surface area contributed by atoms with E-state index < -0.39 is 12.0 Å². The summed E-state index contributed by atoms with van der Waals surface area (Å²) in [6.07, 6.45) is 1.80. The average Bonchev–Trinajstić information content (AvgIpc) is 3.42. The summed E-state index contributed by atoms with van der Waals surface area (Å²) in [6, 6.07) is 31.1. The van der Waals surface area contributed by atoms with Gasteiger partial charge in [0.15, 0.2) is 4.80 Å². The Bertz CT molecular complexity index is 2240. The summed E-state index contributed by atoms with van der Waals surface area (Å²) in [5.41, 5.74) is 4.04. The van der Waals surface area contributed by atoms with Gasteiger partial charge in [0.25, 0.3) is 5.56 Å². The first-order valence-electron chi connectivity index (χ1n) is 15.3. The molecule has 0 spiro atoms. The number of hydrogen-bond acceptors (Lipinski definition) is 8. The SMILES string of the molecule is CCOC(=O)C1=C(c2ccccc2)N=c2s/c(=C/c3ccc(OCc4ccccc4C#N)c(Br)c3)c(=O)n2[C@@H]1c1ccc(OCC)cc1. The zero-order valence-electron chi connectivity index (χ0n) is 26.2. The third-order valence-corrected chi connectivity index (χ3v) is 9.26. The summed E-state index contributed by atoms with van der Waals surface area (Å²) >= 11 is 4.85. The van der Waals surface area contributed by atoms with Gasteiger partial charge in [-0.05, 0) is 77.3 Å². The highest BCUT2D eigenvalue weighted by molar-refractivity contribution is 9.10. The quantitative estimate of drug-likeness (QED) is 0.152. The molecule has 0 aliphatic carbocycles. The molecule has 0 bridgehead atoms. The highest BCUT2D eigenvalue weighted by atomic mass is 79.9. The maximum atomic E-state index is 14.2. The normalized spacial score (nSPS) is 14.1. The van der Waals surface area contributed by atoms with Crippen LogP contribution >= 0.6 is 27.3 Å². The van der Waals surface area contributed by atoms with Gasteiger partial charge in [0.1, 0.15) is 18.1 Å². The van der Waals surface area contributed by atoms with Crippen molar-refractivity contribution in [2.45, 2.75) is 26.5 Å². The Morgan fingerprint density at radius 2 is 1.73 bits per heavy atom. The molecule has 0 N–H and O–H groups in total. The van der Waals surface area contributed by atoms with Crippen LogP contribution in [0.1, 0.15) is 47.7 Å². The number of nitrogens with zero attached hydrogens (tertiary/aromatic N) is 3. The Morgan fingerprint density at radius 3 is 2.44 bits per heavy atom. The number of carbonyl (C=O) groups is 1. The van der Waals surface area contributed by atoms with E-state index in [1.807, 2.05) is 97.9 Å². The third kappa shape index (κ3) is 6.74. The maximum Gasteiger partial charge on any atom is 0.338 e. The molecule has 8 nitrogen and oxygen atoms in total. The van der Waals surface area contributed by atoms with Gasteiger partial charge in [-0.2, -0.15) is 5.26 Å². The number of nitriles is 1. The number of aromatic nitrogens is 1. The molecular formula is C38H30BrN3O5S. The van der Waals surface area contributed by atoms with E-state index >= 15 is 0 Å². The van der Waals surface area contributed by atoms with Crippen molar-refractivity contribution in [3.63, 3.8) is 0 Å². The van der Waals surface area contributed by atoms with E-state index in [-0.39, 0.29) is 24.3 Å². The van der Waals surface area contributed by atoms with Crippen LogP contribution in [0.3, 0.4) is 0 Å². The van der Waals surface area contributed by atoms with Gasteiger partial charge in [0, 0.05) is 11.1 Å². The van der Waals surface area contributed by atoms with Crippen LogP contribution in [0.4, 0.5) is 0 Å². The van der Waals surface area contributed by atoms with Crippen LogP contribution in [0.2, 0.25) is 0 Å². The number of fused-ring (bicyclic) bond motifs is 1. The van der Waals surface area contributed by atoms with E-state index in [1.165, 1.54) is 11.3 Å². The number of carbonyl (C=O) groups excluding carboxylic acids is 1. The molecule has 0 saturated carbocycles. The fourth-order valence-electron chi connectivity index (χ4n) is 5.45. The molecule has 4 aromatic carbocycles.